The van der Waals surface area contributed by atoms with Crippen LogP contribution in [0.25, 0.3) is 10.8 Å². The van der Waals surface area contributed by atoms with Crippen molar-refractivity contribution in [3.05, 3.63) is 69.2 Å². The summed E-state index contributed by atoms with van der Waals surface area (Å²) >= 11 is 5.98. The Morgan fingerprint density at radius 3 is 2.63 bits per heavy atom. The van der Waals surface area contributed by atoms with E-state index in [1.54, 1.807) is 0 Å². The van der Waals surface area contributed by atoms with Crippen molar-refractivity contribution in [1.82, 2.24) is 0 Å². The smallest absolute Gasteiger partial charge is 0.419 e. The fourth-order valence-electron chi connectivity index (χ4n) is 4.22. The third kappa shape index (κ3) is 3.02. The van der Waals surface area contributed by atoms with Crippen LogP contribution in [0.3, 0.4) is 0 Å². The van der Waals surface area contributed by atoms with E-state index in [1.165, 1.54) is 43.3 Å². The van der Waals surface area contributed by atoms with Gasteiger partial charge in [-0.05, 0) is 42.2 Å². The molecule has 158 valence electrons. The van der Waals surface area contributed by atoms with E-state index in [9.17, 15) is 28.2 Å². The van der Waals surface area contributed by atoms with Gasteiger partial charge in [-0.3, -0.25) is 0 Å². The fourth-order valence-corrected chi connectivity index (χ4v) is 4.38. The molecule has 0 bridgehead atoms. The van der Waals surface area contributed by atoms with Crippen LogP contribution in [0, 0.1) is 0 Å². The molecule has 9 heteroatoms. The van der Waals surface area contributed by atoms with E-state index in [-0.39, 0.29) is 33.0 Å². The first-order valence-corrected chi connectivity index (χ1v) is 9.50. The third-order valence-electron chi connectivity index (χ3n) is 5.63. The number of phenols is 1. The minimum atomic E-state index is -4.96. The van der Waals surface area contributed by atoms with E-state index in [2.05, 4.69) is 5.32 Å². The van der Waals surface area contributed by atoms with Crippen LogP contribution < -0.4 is 10.9 Å². The highest BCUT2D eigenvalue weighted by atomic mass is 35.5. The molecule has 3 atom stereocenters. The SMILES string of the molecule is CC1CC(O)(C(F)(F)F)C(Nc2cccc3c(=O)occc23)c2ccc(Cl)c(O)c21. The van der Waals surface area contributed by atoms with Crippen LogP contribution in [-0.2, 0) is 0 Å². The average Bonchev–Trinajstić information content (AvgIpc) is 2.67. The minimum absolute atomic E-state index is 0.0135. The van der Waals surface area contributed by atoms with Crippen LogP contribution in [-0.4, -0.2) is 22.0 Å². The molecule has 30 heavy (non-hydrogen) atoms. The van der Waals surface area contributed by atoms with Crippen molar-refractivity contribution < 1.29 is 27.8 Å². The molecule has 2 aromatic carbocycles. The van der Waals surface area contributed by atoms with Gasteiger partial charge in [0.05, 0.1) is 22.7 Å². The Balaban J connectivity index is 1.94. The molecule has 4 rings (SSSR count). The fraction of sp³-hybridized carbons (Fsp3) is 0.286. The number of fused-ring (bicyclic) bond motifs is 2. The number of halogens is 4. The topological polar surface area (TPSA) is 82.7 Å². The van der Waals surface area contributed by atoms with Crippen molar-refractivity contribution in [2.75, 3.05) is 5.32 Å². The molecule has 0 radical (unpaired) electrons. The molecule has 3 N–H and O–H groups in total. The van der Waals surface area contributed by atoms with Gasteiger partial charge in [0.1, 0.15) is 5.75 Å². The number of hydrogen-bond acceptors (Lipinski definition) is 5. The van der Waals surface area contributed by atoms with Crippen LogP contribution in [0.2, 0.25) is 5.02 Å². The van der Waals surface area contributed by atoms with Crippen LogP contribution in [0.1, 0.15) is 36.4 Å². The first-order valence-electron chi connectivity index (χ1n) is 9.12. The summed E-state index contributed by atoms with van der Waals surface area (Å²) < 4.78 is 47.0. The van der Waals surface area contributed by atoms with E-state index < -0.39 is 35.8 Å². The summed E-state index contributed by atoms with van der Waals surface area (Å²) in [5, 5.41) is 24.6. The molecule has 0 aliphatic heterocycles. The maximum Gasteiger partial charge on any atom is 0.419 e. The van der Waals surface area contributed by atoms with Crippen molar-refractivity contribution in [2.45, 2.75) is 37.1 Å². The molecule has 0 spiro atoms. The Bertz CT molecular complexity index is 1190. The van der Waals surface area contributed by atoms with Crippen molar-refractivity contribution >= 4 is 28.1 Å². The predicted octanol–water partition coefficient (Wildman–Crippen LogP) is 5.11. The lowest BCUT2D eigenvalue weighted by molar-refractivity contribution is -0.272. The number of phenolic OH excluding ortho intramolecular Hbond substituents is 1. The summed E-state index contributed by atoms with van der Waals surface area (Å²) in [5.74, 6) is -1.11. The Kier molecular flexibility index (Phi) is 4.74. The second-order valence-corrected chi connectivity index (χ2v) is 7.89. The Hall–Kier alpha value is -2.71. The molecule has 0 saturated heterocycles. The Morgan fingerprint density at radius 1 is 1.20 bits per heavy atom. The van der Waals surface area contributed by atoms with Gasteiger partial charge in [-0.15, -0.1) is 0 Å². The molecule has 1 aromatic heterocycles. The second kappa shape index (κ2) is 6.92. The van der Waals surface area contributed by atoms with Gasteiger partial charge < -0.3 is 19.9 Å². The number of benzene rings is 2. The molecule has 5 nitrogen and oxygen atoms in total. The summed E-state index contributed by atoms with van der Waals surface area (Å²) in [6.45, 7) is 1.49. The molecule has 1 aliphatic carbocycles. The molecule has 1 heterocycles. The summed E-state index contributed by atoms with van der Waals surface area (Å²) in [5.41, 5.74) is -3.22. The largest absolute Gasteiger partial charge is 0.506 e. The van der Waals surface area contributed by atoms with E-state index in [4.69, 9.17) is 16.0 Å². The maximum atomic E-state index is 14.1. The summed E-state index contributed by atoms with van der Waals surface area (Å²) in [4.78, 5) is 12.0. The minimum Gasteiger partial charge on any atom is -0.506 e. The van der Waals surface area contributed by atoms with Gasteiger partial charge in [0.25, 0.3) is 0 Å². The van der Waals surface area contributed by atoms with Gasteiger partial charge in [0.15, 0.2) is 5.60 Å². The summed E-state index contributed by atoms with van der Waals surface area (Å²) in [6.07, 6.45) is -4.49. The van der Waals surface area contributed by atoms with Crippen molar-refractivity contribution in [2.24, 2.45) is 0 Å². The maximum absolute atomic E-state index is 14.1. The number of nitrogens with one attached hydrogen (secondary N) is 1. The normalized spacial score (nSPS) is 23.9. The average molecular weight is 440 g/mol. The monoisotopic (exact) mass is 439 g/mol. The third-order valence-corrected chi connectivity index (χ3v) is 5.93. The Morgan fingerprint density at radius 2 is 1.93 bits per heavy atom. The number of aromatic hydroxyl groups is 1. The predicted molar refractivity (Wildman–Crippen MR) is 106 cm³/mol. The van der Waals surface area contributed by atoms with Gasteiger partial charge in [0.2, 0.25) is 0 Å². The van der Waals surface area contributed by atoms with Crippen LogP contribution in [0.4, 0.5) is 18.9 Å². The lowest BCUT2D eigenvalue weighted by Gasteiger charge is -2.45. The lowest BCUT2D eigenvalue weighted by atomic mass is 9.70. The molecule has 3 unspecified atom stereocenters. The zero-order valence-corrected chi connectivity index (χ0v) is 16.4. The number of anilines is 1. The molecule has 3 aromatic rings. The number of hydrogen-bond donors (Lipinski definition) is 3. The highest BCUT2D eigenvalue weighted by molar-refractivity contribution is 6.32. The molecule has 1 aliphatic rings. The zero-order chi connectivity index (χ0) is 21.8. The zero-order valence-electron chi connectivity index (χ0n) is 15.6. The number of aliphatic hydroxyl groups is 1. The molecular formula is C21H17ClF3NO4. The standard InChI is InChI=1S/C21H17ClF3NO4/c1-10-9-20(29,21(23,24)25)18(13-5-6-14(22)17(27)16(10)13)26-15-4-2-3-12-11(15)7-8-30-19(12)28/h2-8,10,18,26-27,29H,9H2,1H3. The van der Waals surface area contributed by atoms with E-state index >= 15 is 0 Å². The number of alkyl halides is 3. The highest BCUT2D eigenvalue weighted by Crippen LogP contribution is 2.55. The number of rotatable bonds is 2. The van der Waals surface area contributed by atoms with Crippen LogP contribution >= 0.6 is 11.6 Å². The summed E-state index contributed by atoms with van der Waals surface area (Å²) in [6, 6.07) is 6.95. The van der Waals surface area contributed by atoms with Crippen molar-refractivity contribution in [1.29, 1.82) is 0 Å². The van der Waals surface area contributed by atoms with Gasteiger partial charge >= 0.3 is 11.8 Å². The van der Waals surface area contributed by atoms with E-state index in [0.717, 1.165) is 6.26 Å². The summed E-state index contributed by atoms with van der Waals surface area (Å²) in [7, 11) is 0. The van der Waals surface area contributed by atoms with Gasteiger partial charge in [-0.25, -0.2) is 4.79 Å². The Labute approximate surface area is 173 Å². The van der Waals surface area contributed by atoms with Gasteiger partial charge in [-0.1, -0.05) is 30.7 Å². The van der Waals surface area contributed by atoms with E-state index in [1.807, 2.05) is 0 Å². The lowest BCUT2D eigenvalue weighted by Crippen LogP contribution is -2.55. The highest BCUT2D eigenvalue weighted by Gasteiger charge is 2.62. The molecule has 0 amide bonds. The quantitative estimate of drug-likeness (QED) is 0.517. The van der Waals surface area contributed by atoms with Crippen molar-refractivity contribution in [3.8, 4) is 5.75 Å². The van der Waals surface area contributed by atoms with Crippen LogP contribution in [0.15, 0.2) is 51.9 Å². The van der Waals surface area contributed by atoms with Crippen molar-refractivity contribution in [3.63, 3.8) is 0 Å². The second-order valence-electron chi connectivity index (χ2n) is 7.48. The first kappa shape index (κ1) is 20.6. The van der Waals surface area contributed by atoms with Crippen LogP contribution in [0.5, 0.6) is 5.75 Å². The van der Waals surface area contributed by atoms with Gasteiger partial charge in [0, 0.05) is 16.6 Å². The first-order chi connectivity index (χ1) is 14.0. The molecular weight excluding hydrogens is 423 g/mol. The van der Waals surface area contributed by atoms with Gasteiger partial charge in [-0.2, -0.15) is 13.2 Å². The molecule has 0 saturated carbocycles. The van der Waals surface area contributed by atoms with E-state index in [0.29, 0.717) is 5.39 Å². The molecule has 0 fully saturated rings.